The molecule has 0 aliphatic carbocycles. The lowest BCUT2D eigenvalue weighted by atomic mass is 10.2. The monoisotopic (exact) mass is 178 g/mol. The van der Waals surface area contributed by atoms with Crippen molar-refractivity contribution in [2.24, 2.45) is 0 Å². The van der Waals surface area contributed by atoms with Gasteiger partial charge in [-0.3, -0.25) is 4.68 Å². The number of nitrogens with one attached hydrogen (secondary N) is 1. The van der Waals surface area contributed by atoms with Gasteiger partial charge in [-0.25, -0.2) is 0 Å². The van der Waals surface area contributed by atoms with Crippen molar-refractivity contribution < 1.29 is 0 Å². The lowest BCUT2D eigenvalue weighted by molar-refractivity contribution is 0.587. The van der Waals surface area contributed by atoms with Gasteiger partial charge in [-0.15, -0.1) is 0 Å². The molecule has 0 aliphatic rings. The van der Waals surface area contributed by atoms with E-state index in [1.165, 1.54) is 0 Å². The fourth-order valence-electron chi connectivity index (χ4n) is 1.01. The number of aromatic nitrogens is 2. The van der Waals surface area contributed by atoms with Crippen LogP contribution in [0.5, 0.6) is 0 Å². The molecule has 4 nitrogen and oxygen atoms in total. The van der Waals surface area contributed by atoms with Crippen LogP contribution in [0.25, 0.3) is 0 Å². The number of nitriles is 1. The third-order valence-corrected chi connectivity index (χ3v) is 2.14. The molecule has 1 heterocycles. The molecule has 1 rings (SSSR count). The van der Waals surface area contributed by atoms with Gasteiger partial charge in [-0.1, -0.05) is 0 Å². The van der Waals surface area contributed by atoms with Gasteiger partial charge < -0.3 is 5.32 Å². The molecule has 4 heteroatoms. The van der Waals surface area contributed by atoms with E-state index in [4.69, 9.17) is 5.26 Å². The zero-order chi connectivity index (χ0) is 9.84. The number of rotatable bonds is 3. The molecule has 2 atom stereocenters. The highest BCUT2D eigenvalue weighted by Crippen LogP contribution is 2.12. The summed E-state index contributed by atoms with van der Waals surface area (Å²) in [6.45, 7) is 3.87. The molecule has 13 heavy (non-hydrogen) atoms. The predicted octanol–water partition coefficient (Wildman–Crippen LogP) is 1.25. The molecule has 0 saturated carbocycles. The molecule has 1 N–H and O–H groups in total. The Bertz CT molecular complexity index is 310. The maximum absolute atomic E-state index is 8.67. The van der Waals surface area contributed by atoms with E-state index in [1.807, 2.05) is 20.2 Å². The largest absolute Gasteiger partial charge is 0.313 e. The SMILES string of the molecule is CNC(C)c1cnn(C(C)C#N)c1. The molecule has 0 radical (unpaired) electrons. The average Bonchev–Trinajstić information content (AvgIpc) is 2.64. The van der Waals surface area contributed by atoms with E-state index >= 15 is 0 Å². The quantitative estimate of drug-likeness (QED) is 0.757. The molecule has 0 aliphatic heterocycles. The molecular weight excluding hydrogens is 164 g/mol. The van der Waals surface area contributed by atoms with E-state index in [0.717, 1.165) is 5.56 Å². The van der Waals surface area contributed by atoms with Crippen molar-refractivity contribution in [2.75, 3.05) is 7.05 Å². The summed E-state index contributed by atoms with van der Waals surface area (Å²) in [6, 6.07) is 2.21. The summed E-state index contributed by atoms with van der Waals surface area (Å²) in [4.78, 5) is 0. The fraction of sp³-hybridized carbons (Fsp3) is 0.556. The first-order valence-corrected chi connectivity index (χ1v) is 4.30. The van der Waals surface area contributed by atoms with E-state index in [-0.39, 0.29) is 12.1 Å². The summed E-state index contributed by atoms with van der Waals surface area (Å²) in [5.41, 5.74) is 1.10. The van der Waals surface area contributed by atoms with E-state index in [0.29, 0.717) is 0 Å². The predicted molar refractivity (Wildman–Crippen MR) is 50.0 cm³/mol. The van der Waals surface area contributed by atoms with Crippen molar-refractivity contribution in [3.05, 3.63) is 18.0 Å². The summed E-state index contributed by atoms with van der Waals surface area (Å²) in [5.74, 6) is 0. The van der Waals surface area contributed by atoms with Crippen LogP contribution >= 0.6 is 0 Å². The van der Waals surface area contributed by atoms with Crippen LogP contribution in [0, 0.1) is 11.3 Å². The molecule has 70 valence electrons. The van der Waals surface area contributed by atoms with Crippen molar-refractivity contribution in [1.82, 2.24) is 15.1 Å². The average molecular weight is 178 g/mol. The van der Waals surface area contributed by atoms with Crippen LogP contribution < -0.4 is 5.32 Å². The summed E-state index contributed by atoms with van der Waals surface area (Å²) < 4.78 is 1.67. The number of hydrogen-bond donors (Lipinski definition) is 1. The molecule has 2 unspecified atom stereocenters. The van der Waals surface area contributed by atoms with Crippen LogP contribution in [-0.4, -0.2) is 16.8 Å². The smallest absolute Gasteiger partial charge is 0.135 e. The van der Waals surface area contributed by atoms with Crippen molar-refractivity contribution >= 4 is 0 Å². The van der Waals surface area contributed by atoms with Gasteiger partial charge in [0.1, 0.15) is 6.04 Å². The minimum absolute atomic E-state index is 0.196. The Hall–Kier alpha value is -1.34. The molecule has 1 aromatic heterocycles. The third-order valence-electron chi connectivity index (χ3n) is 2.14. The Morgan fingerprint density at radius 3 is 2.85 bits per heavy atom. The van der Waals surface area contributed by atoms with E-state index in [9.17, 15) is 0 Å². The summed E-state index contributed by atoms with van der Waals surface area (Å²) in [7, 11) is 1.90. The number of nitrogens with zero attached hydrogens (tertiary/aromatic N) is 3. The Balaban J connectivity index is 2.81. The molecule has 1 aromatic rings. The van der Waals surface area contributed by atoms with E-state index < -0.39 is 0 Å². The molecule has 0 spiro atoms. The second-order valence-corrected chi connectivity index (χ2v) is 3.07. The molecule has 0 fully saturated rings. The second kappa shape index (κ2) is 4.06. The first kappa shape index (κ1) is 9.75. The van der Waals surface area contributed by atoms with Crippen molar-refractivity contribution in [3.63, 3.8) is 0 Å². The van der Waals surface area contributed by atoms with E-state index in [1.54, 1.807) is 10.9 Å². The Morgan fingerprint density at radius 1 is 1.62 bits per heavy atom. The minimum atomic E-state index is -0.196. The standard InChI is InChI=1S/C9H14N4/c1-7(4-10)13-6-9(5-12-13)8(2)11-3/h5-8,11H,1-3H3. The van der Waals surface area contributed by atoms with Crippen LogP contribution in [-0.2, 0) is 0 Å². The molecule has 0 saturated heterocycles. The van der Waals surface area contributed by atoms with Gasteiger partial charge in [0.15, 0.2) is 0 Å². The summed E-state index contributed by atoms with van der Waals surface area (Å²) in [6.07, 6.45) is 3.68. The molecule has 0 aromatic carbocycles. The van der Waals surface area contributed by atoms with Crippen molar-refractivity contribution in [1.29, 1.82) is 5.26 Å². The molecular formula is C9H14N4. The summed E-state index contributed by atoms with van der Waals surface area (Å²) in [5, 5.41) is 15.9. The first-order chi connectivity index (χ1) is 6.19. The molecule has 0 bridgehead atoms. The van der Waals surface area contributed by atoms with Crippen LogP contribution in [0.2, 0.25) is 0 Å². The van der Waals surface area contributed by atoms with Gasteiger partial charge in [-0.2, -0.15) is 10.4 Å². The van der Waals surface area contributed by atoms with Gasteiger partial charge in [0.05, 0.1) is 12.3 Å². The highest BCUT2D eigenvalue weighted by atomic mass is 15.3. The van der Waals surface area contributed by atoms with Crippen LogP contribution in [0.3, 0.4) is 0 Å². The Kier molecular flexibility index (Phi) is 3.04. The van der Waals surface area contributed by atoms with Gasteiger partial charge in [0.25, 0.3) is 0 Å². The van der Waals surface area contributed by atoms with Crippen LogP contribution in [0.15, 0.2) is 12.4 Å². The van der Waals surface area contributed by atoms with Gasteiger partial charge in [-0.05, 0) is 20.9 Å². The van der Waals surface area contributed by atoms with Crippen molar-refractivity contribution in [2.45, 2.75) is 25.9 Å². The first-order valence-electron chi connectivity index (χ1n) is 4.30. The highest BCUT2D eigenvalue weighted by Gasteiger charge is 2.08. The minimum Gasteiger partial charge on any atom is -0.313 e. The maximum Gasteiger partial charge on any atom is 0.135 e. The Morgan fingerprint density at radius 2 is 2.31 bits per heavy atom. The lowest BCUT2D eigenvalue weighted by Crippen LogP contribution is -2.11. The normalized spacial score (nSPS) is 14.9. The Labute approximate surface area is 78.2 Å². The van der Waals surface area contributed by atoms with Gasteiger partial charge in [0, 0.05) is 17.8 Å². The summed E-state index contributed by atoms with van der Waals surface area (Å²) >= 11 is 0. The fourth-order valence-corrected chi connectivity index (χ4v) is 1.01. The lowest BCUT2D eigenvalue weighted by Gasteiger charge is -2.06. The second-order valence-electron chi connectivity index (χ2n) is 3.07. The third kappa shape index (κ3) is 2.07. The zero-order valence-electron chi connectivity index (χ0n) is 8.15. The molecule has 0 amide bonds. The highest BCUT2D eigenvalue weighted by molar-refractivity contribution is 5.10. The van der Waals surface area contributed by atoms with Crippen molar-refractivity contribution in [3.8, 4) is 6.07 Å². The zero-order valence-corrected chi connectivity index (χ0v) is 8.15. The maximum atomic E-state index is 8.67. The van der Waals surface area contributed by atoms with Gasteiger partial charge >= 0.3 is 0 Å². The number of hydrogen-bond acceptors (Lipinski definition) is 3. The van der Waals surface area contributed by atoms with Crippen LogP contribution in [0.4, 0.5) is 0 Å². The van der Waals surface area contributed by atoms with E-state index in [2.05, 4.69) is 23.4 Å². The topological polar surface area (TPSA) is 53.6 Å². The van der Waals surface area contributed by atoms with Crippen LogP contribution in [0.1, 0.15) is 31.5 Å². The van der Waals surface area contributed by atoms with Gasteiger partial charge in [0.2, 0.25) is 0 Å².